The Kier molecular flexibility index (Phi) is 2.22. The van der Waals surface area contributed by atoms with Gasteiger partial charge >= 0.3 is 5.97 Å². The van der Waals surface area contributed by atoms with Gasteiger partial charge in [0.1, 0.15) is 17.9 Å². The minimum Gasteiger partial charge on any atom is -0.480 e. The fraction of sp³-hybridized carbons (Fsp3) is 0.333. The van der Waals surface area contributed by atoms with Gasteiger partial charge < -0.3 is 10.8 Å². The van der Waals surface area contributed by atoms with Gasteiger partial charge in [-0.1, -0.05) is 0 Å². The summed E-state index contributed by atoms with van der Waals surface area (Å²) in [6.45, 7) is 0. The van der Waals surface area contributed by atoms with Gasteiger partial charge in [-0.2, -0.15) is 0 Å². The van der Waals surface area contributed by atoms with Gasteiger partial charge in [0.05, 0.1) is 0 Å². The van der Waals surface area contributed by atoms with E-state index in [1.165, 1.54) is 0 Å². The summed E-state index contributed by atoms with van der Waals surface area (Å²) in [5.74, 6) is -0.986. The monoisotopic (exact) mass is 156 g/mol. The average Bonchev–Trinajstić information content (AvgIpc) is 2.39. The zero-order chi connectivity index (χ0) is 8.27. The molecule has 0 saturated heterocycles. The lowest BCUT2D eigenvalue weighted by molar-refractivity contribution is -0.376. The number of hydrogen-bond acceptors (Lipinski definition) is 2. The Bertz CT molecular complexity index is 232. The number of carbonyl (C=O) groups is 1. The maximum Gasteiger partial charge on any atom is 0.320 e. The number of rotatable bonds is 3. The van der Waals surface area contributed by atoms with Crippen molar-refractivity contribution in [2.24, 2.45) is 5.73 Å². The molecule has 0 unspecified atom stereocenters. The molecule has 0 bridgehead atoms. The first-order chi connectivity index (χ1) is 5.20. The van der Waals surface area contributed by atoms with E-state index in [0.717, 1.165) is 5.69 Å². The number of imidazole rings is 1. The number of nitrogens with two attached hydrogens (primary N) is 1. The molecule has 5 N–H and O–H groups in total. The van der Waals surface area contributed by atoms with E-state index in [1.54, 1.807) is 12.5 Å². The molecule has 0 aliphatic carbocycles. The third-order valence-corrected chi connectivity index (χ3v) is 1.36. The molecule has 1 atom stereocenters. The molecule has 0 aromatic carbocycles. The fourth-order valence-electron chi connectivity index (χ4n) is 0.760. The Morgan fingerprint density at radius 1 is 1.91 bits per heavy atom. The average molecular weight is 156 g/mol. The van der Waals surface area contributed by atoms with Gasteiger partial charge in [-0.3, -0.25) is 9.78 Å². The van der Waals surface area contributed by atoms with Crippen molar-refractivity contribution >= 4 is 5.97 Å². The van der Waals surface area contributed by atoms with E-state index >= 15 is 0 Å². The Labute approximate surface area is 63.3 Å². The van der Waals surface area contributed by atoms with E-state index < -0.39 is 12.0 Å². The highest BCUT2D eigenvalue weighted by Crippen LogP contribution is 1.93. The quantitative estimate of drug-likeness (QED) is 0.512. The van der Waals surface area contributed by atoms with E-state index in [2.05, 4.69) is 9.97 Å². The number of carboxylic acids is 1. The molecular weight excluding hydrogens is 146 g/mol. The topological polar surface area (TPSA) is 93.2 Å². The van der Waals surface area contributed by atoms with Gasteiger partial charge in [0, 0.05) is 6.42 Å². The molecule has 0 aliphatic heterocycles. The number of carboxylic acid groups (broad SMARTS) is 1. The van der Waals surface area contributed by atoms with Crippen LogP contribution in [0.15, 0.2) is 12.5 Å². The third kappa shape index (κ3) is 2.05. The van der Waals surface area contributed by atoms with Gasteiger partial charge in [-0.15, -0.1) is 0 Å². The van der Waals surface area contributed by atoms with E-state index in [9.17, 15) is 4.79 Å². The molecule has 11 heavy (non-hydrogen) atoms. The van der Waals surface area contributed by atoms with E-state index in [-0.39, 0.29) is 0 Å². The van der Waals surface area contributed by atoms with Gasteiger partial charge in [-0.25, -0.2) is 4.98 Å². The van der Waals surface area contributed by atoms with Crippen molar-refractivity contribution in [2.75, 3.05) is 0 Å². The summed E-state index contributed by atoms with van der Waals surface area (Å²) in [5.41, 5.74) is 6.07. The van der Waals surface area contributed by atoms with Gasteiger partial charge in [0.15, 0.2) is 0 Å². The maximum atomic E-state index is 10.3. The lowest BCUT2D eigenvalue weighted by Crippen LogP contribution is -2.32. The highest BCUT2D eigenvalue weighted by molar-refractivity contribution is 5.73. The van der Waals surface area contributed by atoms with Crippen LogP contribution >= 0.6 is 0 Å². The van der Waals surface area contributed by atoms with Crippen molar-refractivity contribution in [3.8, 4) is 0 Å². The summed E-state index contributed by atoms with van der Waals surface area (Å²) in [6, 6.07) is -0.831. The number of aromatic nitrogens is 2. The molecular formula is C6H10N3O2+. The fourth-order valence-corrected chi connectivity index (χ4v) is 0.760. The second-order valence-corrected chi connectivity index (χ2v) is 2.27. The van der Waals surface area contributed by atoms with Crippen LogP contribution in [-0.4, -0.2) is 22.1 Å². The number of H-pyrrole nitrogens is 2. The predicted octanol–water partition coefficient (Wildman–Crippen LogP) is -1.22. The molecule has 1 aromatic heterocycles. The van der Waals surface area contributed by atoms with Crippen LogP contribution in [-0.2, 0) is 11.2 Å². The Morgan fingerprint density at radius 3 is 3.09 bits per heavy atom. The van der Waals surface area contributed by atoms with Crippen LogP contribution in [0.1, 0.15) is 5.69 Å². The Balaban J connectivity index is 2.50. The van der Waals surface area contributed by atoms with Crippen molar-refractivity contribution in [1.82, 2.24) is 4.98 Å². The summed E-state index contributed by atoms with van der Waals surface area (Å²) < 4.78 is 0. The first-order valence-electron chi connectivity index (χ1n) is 3.22. The van der Waals surface area contributed by atoms with E-state index in [4.69, 9.17) is 10.8 Å². The molecule has 60 valence electrons. The van der Waals surface area contributed by atoms with Gasteiger partial charge in [0.25, 0.3) is 0 Å². The zero-order valence-electron chi connectivity index (χ0n) is 5.87. The number of aliphatic carboxylic acids is 1. The van der Waals surface area contributed by atoms with Crippen LogP contribution in [0, 0.1) is 0 Å². The number of hydrogen-bond donors (Lipinski definition) is 3. The highest BCUT2D eigenvalue weighted by Gasteiger charge is 2.14. The molecule has 0 amide bonds. The summed E-state index contributed by atoms with van der Waals surface area (Å²) in [7, 11) is 0. The Hall–Kier alpha value is -1.36. The lowest BCUT2D eigenvalue weighted by Gasteiger charge is -1.99. The van der Waals surface area contributed by atoms with E-state index in [0.29, 0.717) is 6.42 Å². The second kappa shape index (κ2) is 3.16. The van der Waals surface area contributed by atoms with Crippen LogP contribution < -0.4 is 10.7 Å². The minimum atomic E-state index is -0.986. The molecule has 0 radical (unpaired) electrons. The normalized spacial score (nSPS) is 12.8. The maximum absolute atomic E-state index is 10.3. The van der Waals surface area contributed by atoms with E-state index in [1.807, 2.05) is 0 Å². The predicted molar refractivity (Wildman–Crippen MR) is 36.7 cm³/mol. The summed E-state index contributed by atoms with van der Waals surface area (Å²) >= 11 is 0. The molecule has 0 spiro atoms. The van der Waals surface area contributed by atoms with Gasteiger partial charge in [0.2, 0.25) is 6.33 Å². The largest absolute Gasteiger partial charge is 0.480 e. The number of nitrogens with one attached hydrogen (secondary N) is 2. The summed E-state index contributed by atoms with van der Waals surface area (Å²) in [4.78, 5) is 15.9. The van der Waals surface area contributed by atoms with Crippen LogP contribution in [0.2, 0.25) is 0 Å². The highest BCUT2D eigenvalue weighted by atomic mass is 16.4. The van der Waals surface area contributed by atoms with Crippen molar-refractivity contribution < 1.29 is 14.9 Å². The molecule has 5 nitrogen and oxygen atoms in total. The van der Waals surface area contributed by atoms with Crippen LogP contribution in [0.25, 0.3) is 0 Å². The van der Waals surface area contributed by atoms with Crippen LogP contribution in [0.5, 0.6) is 0 Å². The lowest BCUT2D eigenvalue weighted by atomic mass is 10.2. The zero-order valence-corrected chi connectivity index (χ0v) is 5.87. The van der Waals surface area contributed by atoms with Crippen molar-refractivity contribution in [1.29, 1.82) is 0 Å². The molecule has 5 heteroatoms. The molecule has 1 heterocycles. The molecule has 0 fully saturated rings. The summed E-state index contributed by atoms with van der Waals surface area (Å²) in [5, 5.41) is 8.43. The first kappa shape index (κ1) is 7.74. The molecule has 0 saturated carbocycles. The standard InChI is InChI=1S/C6H9N3O2/c7-5(6(10)11)1-4-2-8-3-9-4/h2-3,5H,1,7H2,(H,8,9)(H,10,11)/p+1/t5-/m1/s1. The first-order valence-corrected chi connectivity index (χ1v) is 3.22. The molecule has 0 aliphatic rings. The number of aromatic amines is 2. The van der Waals surface area contributed by atoms with Crippen molar-refractivity contribution in [3.63, 3.8) is 0 Å². The molecule has 1 aromatic rings. The second-order valence-electron chi connectivity index (χ2n) is 2.27. The smallest absolute Gasteiger partial charge is 0.320 e. The van der Waals surface area contributed by atoms with Crippen molar-refractivity contribution in [3.05, 3.63) is 18.2 Å². The SMILES string of the molecule is N[C@H](Cc1c[nH+]c[nH]1)C(=O)O. The summed E-state index contributed by atoms with van der Waals surface area (Å²) in [6.07, 6.45) is 3.62. The molecule has 1 rings (SSSR count). The van der Waals surface area contributed by atoms with Gasteiger partial charge in [-0.05, 0) is 0 Å². The Morgan fingerprint density at radius 2 is 2.64 bits per heavy atom. The van der Waals surface area contributed by atoms with Crippen LogP contribution in [0.4, 0.5) is 0 Å². The van der Waals surface area contributed by atoms with Crippen LogP contribution in [0.3, 0.4) is 0 Å². The van der Waals surface area contributed by atoms with Crippen molar-refractivity contribution in [2.45, 2.75) is 12.5 Å². The minimum absolute atomic E-state index is 0.318. The third-order valence-electron chi connectivity index (χ3n) is 1.36.